The second-order valence-corrected chi connectivity index (χ2v) is 4.51. The monoisotopic (exact) mass is 249 g/mol. The minimum Gasteiger partial charge on any atom is -0.493 e. The maximum Gasteiger partial charge on any atom is 0.255 e. The van der Waals surface area contributed by atoms with Crippen LogP contribution in [0.25, 0.3) is 0 Å². The topological polar surface area (TPSA) is 38.3 Å². The standard InChI is InChI=1S/C15H23NO2/c1-4-8-12(3)16-15(17)13-9-6-7-10-14(13)18-11-5-2/h6-7,9-10,12H,4-5,8,11H2,1-3H3,(H,16,17)/t12-/m0/s1. The van der Waals surface area contributed by atoms with Gasteiger partial charge in [-0.2, -0.15) is 0 Å². The van der Waals surface area contributed by atoms with Crippen molar-refractivity contribution in [3.63, 3.8) is 0 Å². The van der Waals surface area contributed by atoms with Crippen molar-refractivity contribution in [1.82, 2.24) is 5.32 Å². The lowest BCUT2D eigenvalue weighted by atomic mass is 10.1. The van der Waals surface area contributed by atoms with Gasteiger partial charge < -0.3 is 10.1 Å². The minimum absolute atomic E-state index is 0.0531. The number of hydrogen-bond acceptors (Lipinski definition) is 2. The average molecular weight is 249 g/mol. The number of para-hydroxylation sites is 1. The van der Waals surface area contributed by atoms with Crippen molar-refractivity contribution in [3.8, 4) is 5.75 Å². The summed E-state index contributed by atoms with van der Waals surface area (Å²) >= 11 is 0. The Morgan fingerprint density at radius 3 is 2.67 bits per heavy atom. The van der Waals surface area contributed by atoms with E-state index < -0.39 is 0 Å². The highest BCUT2D eigenvalue weighted by atomic mass is 16.5. The van der Waals surface area contributed by atoms with Crippen LogP contribution in [-0.4, -0.2) is 18.6 Å². The van der Waals surface area contributed by atoms with Gasteiger partial charge in [0, 0.05) is 6.04 Å². The fourth-order valence-electron chi connectivity index (χ4n) is 1.80. The molecule has 3 heteroatoms. The zero-order valence-corrected chi connectivity index (χ0v) is 11.5. The van der Waals surface area contributed by atoms with Crippen LogP contribution >= 0.6 is 0 Å². The summed E-state index contributed by atoms with van der Waals surface area (Å²) in [6.07, 6.45) is 2.99. The van der Waals surface area contributed by atoms with Crippen LogP contribution in [0.4, 0.5) is 0 Å². The molecule has 0 spiro atoms. The Hall–Kier alpha value is -1.51. The van der Waals surface area contributed by atoms with E-state index in [1.165, 1.54) is 0 Å². The molecular weight excluding hydrogens is 226 g/mol. The molecule has 0 saturated heterocycles. The lowest BCUT2D eigenvalue weighted by Gasteiger charge is -2.15. The normalized spacial score (nSPS) is 11.9. The lowest BCUT2D eigenvalue weighted by Crippen LogP contribution is -2.32. The van der Waals surface area contributed by atoms with E-state index in [4.69, 9.17) is 4.74 Å². The number of carbonyl (C=O) groups is 1. The third kappa shape index (κ3) is 4.40. The molecule has 1 N–H and O–H groups in total. The Morgan fingerprint density at radius 1 is 1.28 bits per heavy atom. The Morgan fingerprint density at radius 2 is 2.00 bits per heavy atom. The third-order valence-electron chi connectivity index (χ3n) is 2.69. The zero-order valence-electron chi connectivity index (χ0n) is 11.5. The molecular formula is C15H23NO2. The first-order chi connectivity index (χ1) is 8.69. The van der Waals surface area contributed by atoms with Crippen LogP contribution in [0, 0.1) is 0 Å². The summed E-state index contributed by atoms with van der Waals surface area (Å²) < 4.78 is 5.59. The van der Waals surface area contributed by atoms with Gasteiger partial charge in [0.1, 0.15) is 5.75 Å². The van der Waals surface area contributed by atoms with Gasteiger partial charge in [0.25, 0.3) is 5.91 Å². The molecule has 0 heterocycles. The van der Waals surface area contributed by atoms with Crippen molar-refractivity contribution in [2.75, 3.05) is 6.61 Å². The number of benzene rings is 1. The molecule has 0 unspecified atom stereocenters. The minimum atomic E-state index is -0.0531. The summed E-state index contributed by atoms with van der Waals surface area (Å²) in [6, 6.07) is 7.59. The van der Waals surface area contributed by atoms with Crippen LogP contribution in [0.5, 0.6) is 5.75 Å². The lowest BCUT2D eigenvalue weighted by molar-refractivity contribution is 0.0934. The Bertz CT molecular complexity index is 377. The van der Waals surface area contributed by atoms with Gasteiger partial charge in [0.2, 0.25) is 0 Å². The molecule has 0 aliphatic heterocycles. The van der Waals surface area contributed by atoms with Crippen LogP contribution in [0.3, 0.4) is 0 Å². The molecule has 0 fully saturated rings. The molecule has 1 aromatic carbocycles. The SMILES string of the molecule is CCCOc1ccccc1C(=O)N[C@@H](C)CCC. The van der Waals surface area contributed by atoms with Gasteiger partial charge in [-0.25, -0.2) is 0 Å². The smallest absolute Gasteiger partial charge is 0.255 e. The van der Waals surface area contributed by atoms with Gasteiger partial charge in [-0.05, 0) is 31.9 Å². The second kappa shape index (κ2) is 7.75. The number of ether oxygens (including phenoxy) is 1. The molecule has 1 aromatic rings. The fourth-order valence-corrected chi connectivity index (χ4v) is 1.80. The van der Waals surface area contributed by atoms with Gasteiger partial charge in [0.15, 0.2) is 0 Å². The van der Waals surface area contributed by atoms with E-state index in [-0.39, 0.29) is 11.9 Å². The van der Waals surface area contributed by atoms with E-state index in [0.717, 1.165) is 19.3 Å². The fraction of sp³-hybridized carbons (Fsp3) is 0.533. The zero-order chi connectivity index (χ0) is 13.4. The van der Waals surface area contributed by atoms with Crippen molar-refractivity contribution in [1.29, 1.82) is 0 Å². The molecule has 0 saturated carbocycles. The van der Waals surface area contributed by atoms with Crippen LogP contribution in [0.1, 0.15) is 50.4 Å². The molecule has 0 aliphatic rings. The number of carbonyl (C=O) groups excluding carboxylic acids is 1. The van der Waals surface area contributed by atoms with E-state index >= 15 is 0 Å². The van der Waals surface area contributed by atoms with Gasteiger partial charge in [-0.1, -0.05) is 32.4 Å². The largest absolute Gasteiger partial charge is 0.493 e. The third-order valence-corrected chi connectivity index (χ3v) is 2.69. The van der Waals surface area contributed by atoms with E-state index in [2.05, 4.69) is 12.2 Å². The van der Waals surface area contributed by atoms with E-state index in [9.17, 15) is 4.79 Å². The predicted octanol–water partition coefficient (Wildman–Crippen LogP) is 3.39. The van der Waals surface area contributed by atoms with Crippen LogP contribution in [-0.2, 0) is 0 Å². The molecule has 0 aromatic heterocycles. The molecule has 100 valence electrons. The summed E-state index contributed by atoms with van der Waals surface area (Å²) in [6.45, 7) is 6.82. The van der Waals surface area contributed by atoms with Crippen molar-refractivity contribution in [2.24, 2.45) is 0 Å². The first-order valence-corrected chi connectivity index (χ1v) is 6.71. The molecule has 0 radical (unpaired) electrons. The molecule has 1 atom stereocenters. The molecule has 1 amide bonds. The highest BCUT2D eigenvalue weighted by molar-refractivity contribution is 5.97. The Kier molecular flexibility index (Phi) is 6.26. The summed E-state index contributed by atoms with van der Waals surface area (Å²) in [4.78, 5) is 12.1. The van der Waals surface area contributed by atoms with Crippen molar-refractivity contribution < 1.29 is 9.53 Å². The number of amides is 1. The summed E-state index contributed by atoms with van der Waals surface area (Å²) in [5.74, 6) is 0.614. The van der Waals surface area contributed by atoms with Gasteiger partial charge in [0.05, 0.1) is 12.2 Å². The quantitative estimate of drug-likeness (QED) is 0.804. The number of rotatable bonds is 7. The van der Waals surface area contributed by atoms with E-state index in [1.54, 1.807) is 6.07 Å². The molecule has 18 heavy (non-hydrogen) atoms. The van der Waals surface area contributed by atoms with Gasteiger partial charge in [-0.3, -0.25) is 4.79 Å². The van der Waals surface area contributed by atoms with Crippen LogP contribution in [0.15, 0.2) is 24.3 Å². The highest BCUT2D eigenvalue weighted by Crippen LogP contribution is 2.18. The highest BCUT2D eigenvalue weighted by Gasteiger charge is 2.13. The van der Waals surface area contributed by atoms with Gasteiger partial charge >= 0.3 is 0 Å². The van der Waals surface area contributed by atoms with Crippen LogP contribution in [0.2, 0.25) is 0 Å². The molecule has 1 rings (SSSR count). The summed E-state index contributed by atoms with van der Waals surface area (Å²) in [5.41, 5.74) is 0.619. The molecule has 0 aliphatic carbocycles. The molecule has 3 nitrogen and oxygen atoms in total. The van der Waals surface area contributed by atoms with Gasteiger partial charge in [-0.15, -0.1) is 0 Å². The first kappa shape index (κ1) is 14.6. The number of hydrogen-bond donors (Lipinski definition) is 1. The van der Waals surface area contributed by atoms with Crippen molar-refractivity contribution in [2.45, 2.75) is 46.1 Å². The summed E-state index contributed by atoms with van der Waals surface area (Å²) in [5, 5.41) is 2.99. The Labute approximate surface area is 110 Å². The predicted molar refractivity (Wildman–Crippen MR) is 74.1 cm³/mol. The maximum atomic E-state index is 12.1. The van der Waals surface area contributed by atoms with Crippen molar-refractivity contribution >= 4 is 5.91 Å². The summed E-state index contributed by atoms with van der Waals surface area (Å²) in [7, 11) is 0. The Balaban J connectivity index is 2.71. The van der Waals surface area contributed by atoms with E-state index in [0.29, 0.717) is 17.9 Å². The number of nitrogens with one attached hydrogen (secondary N) is 1. The first-order valence-electron chi connectivity index (χ1n) is 6.71. The molecule has 0 bridgehead atoms. The van der Waals surface area contributed by atoms with Crippen molar-refractivity contribution in [3.05, 3.63) is 29.8 Å². The second-order valence-electron chi connectivity index (χ2n) is 4.51. The van der Waals surface area contributed by atoms with Crippen LogP contribution < -0.4 is 10.1 Å². The maximum absolute atomic E-state index is 12.1. The average Bonchev–Trinajstić information content (AvgIpc) is 2.36. The van der Waals surface area contributed by atoms with E-state index in [1.807, 2.05) is 32.0 Å².